The van der Waals surface area contributed by atoms with Gasteiger partial charge in [-0.1, -0.05) is 32.6 Å². The smallest absolute Gasteiger partial charge is 0.322 e. The molecule has 0 heterocycles. The Balaban J connectivity index is 2.20. The van der Waals surface area contributed by atoms with Crippen LogP contribution in [0.25, 0.3) is 0 Å². The summed E-state index contributed by atoms with van der Waals surface area (Å²) >= 11 is 0. The fourth-order valence-corrected chi connectivity index (χ4v) is 4.27. The molecule has 0 aromatic rings. The monoisotopic (exact) mass is 259 g/mol. The van der Waals surface area contributed by atoms with E-state index in [4.69, 9.17) is 0 Å². The first kappa shape index (κ1) is 15.2. The summed E-state index contributed by atoms with van der Waals surface area (Å²) in [6.07, 6.45) is 10.3. The molecule has 0 aromatic heterocycles. The number of rotatable bonds is 8. The van der Waals surface area contributed by atoms with Gasteiger partial charge in [0.25, 0.3) is 0 Å². The normalized spacial score (nSPS) is 19.8. The average Bonchev–Trinajstić information content (AvgIpc) is 2.34. The van der Waals surface area contributed by atoms with Crippen molar-refractivity contribution in [2.24, 2.45) is 0 Å². The molecule has 0 spiro atoms. The Labute approximate surface area is 107 Å². The molecule has 3 N–H and O–H groups in total. The predicted octanol–water partition coefficient (Wildman–Crippen LogP) is 2.07. The van der Waals surface area contributed by atoms with Crippen LogP contribution in [0.15, 0.2) is 0 Å². The van der Waals surface area contributed by atoms with Gasteiger partial charge < -0.3 is 14.9 Å². The Morgan fingerprint density at radius 1 is 1.06 bits per heavy atom. The van der Waals surface area contributed by atoms with Gasteiger partial charge in [0.05, 0.1) is 0 Å². The highest BCUT2D eigenvalue weighted by Gasteiger charge is 2.39. The van der Waals surface area contributed by atoms with Crippen molar-refractivity contribution < 1.29 is 9.59 Å². The van der Waals surface area contributed by atoms with Crippen molar-refractivity contribution in [2.45, 2.75) is 69.7 Å². The fourth-order valence-electron chi connectivity index (χ4n) is 2.89. The molecule has 3 nitrogen and oxygen atoms in total. The fraction of sp³-hybridized carbons (Fsp3) is 1.00. The number of unbranched alkanes of at least 4 members (excludes halogenated alkanes) is 1. The molecule has 0 saturated heterocycles. The molecular weight excluding hydrogens is 230 g/mol. The minimum absolute atomic E-state index is 0.0648. The van der Waals surface area contributed by atoms with Gasteiger partial charge in [0.15, 0.2) is 0 Å². The van der Waals surface area contributed by atoms with Crippen LogP contribution in [0.3, 0.4) is 0 Å². The summed E-state index contributed by atoms with van der Waals surface area (Å²) in [4.78, 5) is 19.5. The third-order valence-corrected chi connectivity index (χ3v) is 6.09. The molecular formula is C13H29NO2Si. The molecule has 0 radical (unpaired) electrons. The van der Waals surface area contributed by atoms with Crippen molar-refractivity contribution in [1.82, 2.24) is 5.32 Å². The summed E-state index contributed by atoms with van der Waals surface area (Å²) in [6, 6.07) is 0. The molecule has 0 amide bonds. The van der Waals surface area contributed by atoms with Gasteiger partial charge in [-0.15, -0.1) is 0 Å². The van der Waals surface area contributed by atoms with Gasteiger partial charge in [-0.05, 0) is 45.2 Å². The van der Waals surface area contributed by atoms with Gasteiger partial charge in [0.1, 0.15) is 0 Å². The first-order valence-corrected chi connectivity index (χ1v) is 8.89. The predicted molar refractivity (Wildman–Crippen MR) is 74.4 cm³/mol. The Bertz CT molecular complexity index is 194. The molecule has 0 unspecified atom stereocenters. The van der Waals surface area contributed by atoms with Crippen molar-refractivity contribution in [2.75, 3.05) is 13.1 Å². The van der Waals surface area contributed by atoms with E-state index in [0.717, 1.165) is 38.8 Å². The molecule has 4 heteroatoms. The third-order valence-electron chi connectivity index (χ3n) is 4.13. The van der Waals surface area contributed by atoms with Gasteiger partial charge in [-0.2, -0.15) is 0 Å². The van der Waals surface area contributed by atoms with E-state index < -0.39 is 9.28 Å². The van der Waals surface area contributed by atoms with Crippen LogP contribution in [0, 0.1) is 0 Å². The summed E-state index contributed by atoms with van der Waals surface area (Å²) in [5.41, 5.74) is 0. The first-order valence-electron chi connectivity index (χ1n) is 7.28. The zero-order chi connectivity index (χ0) is 12.6. The van der Waals surface area contributed by atoms with Crippen molar-refractivity contribution >= 4 is 9.28 Å². The summed E-state index contributed by atoms with van der Waals surface area (Å²) in [5.74, 6) is 0. The molecule has 1 fully saturated rings. The lowest BCUT2D eigenvalue weighted by molar-refractivity contribution is 0.257. The molecule has 1 saturated carbocycles. The maximum absolute atomic E-state index is 9.74. The molecule has 1 aliphatic carbocycles. The maximum atomic E-state index is 9.74. The largest absolute Gasteiger partial charge is 0.413 e. The van der Waals surface area contributed by atoms with E-state index in [1.54, 1.807) is 0 Å². The first-order chi connectivity index (χ1) is 8.21. The van der Waals surface area contributed by atoms with Crippen molar-refractivity contribution in [1.29, 1.82) is 0 Å². The van der Waals surface area contributed by atoms with Crippen LogP contribution in [0.1, 0.15) is 64.7 Å². The summed E-state index contributed by atoms with van der Waals surface area (Å²) < 4.78 is 0. The molecule has 17 heavy (non-hydrogen) atoms. The highest BCUT2D eigenvalue weighted by Crippen LogP contribution is 2.47. The number of hydrogen-bond acceptors (Lipinski definition) is 3. The van der Waals surface area contributed by atoms with Gasteiger partial charge >= 0.3 is 9.28 Å². The third kappa shape index (κ3) is 5.08. The van der Waals surface area contributed by atoms with Crippen LogP contribution in [0.4, 0.5) is 0 Å². The van der Waals surface area contributed by atoms with Crippen molar-refractivity contribution in [3.05, 3.63) is 0 Å². The van der Waals surface area contributed by atoms with Gasteiger partial charge in [0, 0.05) is 5.04 Å². The standard InChI is InChI=1S/C13H29NO2Si/c1-2-3-11-14-12-7-10-13(17(15)16)8-5-4-6-9-13/h14-17H,2-12H2,1H3. The van der Waals surface area contributed by atoms with Crippen molar-refractivity contribution in [3.8, 4) is 0 Å². The van der Waals surface area contributed by atoms with E-state index in [9.17, 15) is 9.59 Å². The molecule has 0 bridgehead atoms. The van der Waals surface area contributed by atoms with Crippen molar-refractivity contribution in [3.63, 3.8) is 0 Å². The van der Waals surface area contributed by atoms with Gasteiger partial charge in [0.2, 0.25) is 0 Å². The molecule has 0 aliphatic heterocycles. The average molecular weight is 259 g/mol. The Morgan fingerprint density at radius 2 is 1.71 bits per heavy atom. The van der Waals surface area contributed by atoms with E-state index in [-0.39, 0.29) is 5.04 Å². The topological polar surface area (TPSA) is 52.5 Å². The quantitative estimate of drug-likeness (QED) is 0.462. The molecule has 102 valence electrons. The maximum Gasteiger partial charge on any atom is 0.322 e. The van der Waals surface area contributed by atoms with Crippen LogP contribution in [0.5, 0.6) is 0 Å². The Morgan fingerprint density at radius 3 is 2.29 bits per heavy atom. The Kier molecular flexibility index (Phi) is 7.35. The van der Waals surface area contributed by atoms with E-state index in [2.05, 4.69) is 12.2 Å². The molecule has 1 aliphatic rings. The molecule has 0 aromatic carbocycles. The van der Waals surface area contributed by atoms with E-state index in [1.165, 1.54) is 32.1 Å². The molecule has 0 atom stereocenters. The highest BCUT2D eigenvalue weighted by atomic mass is 28.3. The molecule has 1 rings (SSSR count). The second-order valence-electron chi connectivity index (χ2n) is 5.50. The van der Waals surface area contributed by atoms with E-state index >= 15 is 0 Å². The lowest BCUT2D eigenvalue weighted by atomic mass is 9.85. The van der Waals surface area contributed by atoms with Crippen LogP contribution in [-0.2, 0) is 0 Å². The van der Waals surface area contributed by atoms with E-state index in [1.807, 2.05) is 0 Å². The lowest BCUT2D eigenvalue weighted by Crippen LogP contribution is -2.35. The summed E-state index contributed by atoms with van der Waals surface area (Å²) in [6.45, 7) is 4.33. The minimum atomic E-state index is -2.48. The second-order valence-corrected chi connectivity index (χ2v) is 7.48. The van der Waals surface area contributed by atoms with E-state index in [0.29, 0.717) is 0 Å². The number of hydrogen-bond donors (Lipinski definition) is 3. The van der Waals surface area contributed by atoms with Gasteiger partial charge in [-0.3, -0.25) is 0 Å². The van der Waals surface area contributed by atoms with Crippen LogP contribution in [0.2, 0.25) is 5.04 Å². The summed E-state index contributed by atoms with van der Waals surface area (Å²) in [7, 11) is -2.48. The van der Waals surface area contributed by atoms with Gasteiger partial charge in [-0.25, -0.2) is 0 Å². The highest BCUT2D eigenvalue weighted by molar-refractivity contribution is 6.45. The van der Waals surface area contributed by atoms with Crippen LogP contribution < -0.4 is 5.32 Å². The SMILES string of the molecule is CCCCNCCCC1([SiH](O)O)CCCCC1. The van der Waals surface area contributed by atoms with Crippen LogP contribution in [-0.4, -0.2) is 32.0 Å². The number of nitrogens with one attached hydrogen (secondary N) is 1. The summed E-state index contributed by atoms with van der Waals surface area (Å²) in [5, 5.41) is 3.37. The second kappa shape index (κ2) is 8.24. The lowest BCUT2D eigenvalue weighted by Gasteiger charge is -2.37. The Hall–Kier alpha value is 0.0969. The zero-order valence-electron chi connectivity index (χ0n) is 11.2. The van der Waals surface area contributed by atoms with Crippen LogP contribution >= 0.6 is 0 Å². The minimum Gasteiger partial charge on any atom is -0.413 e. The zero-order valence-corrected chi connectivity index (χ0v) is 12.4.